The Labute approximate surface area is 70.4 Å². The van der Waals surface area contributed by atoms with Crippen molar-refractivity contribution in [2.45, 2.75) is 46.5 Å². The maximum absolute atomic E-state index is 5.78. The summed E-state index contributed by atoms with van der Waals surface area (Å²) in [6.07, 6.45) is 5.42. The Hall–Kier alpha value is -0.0400. The first kappa shape index (κ1) is 9.05. The zero-order valence-corrected chi connectivity index (χ0v) is 8.11. The number of hydrogen-bond donors (Lipinski definition) is 1. The van der Waals surface area contributed by atoms with Gasteiger partial charge in [0.25, 0.3) is 0 Å². The first-order chi connectivity index (χ1) is 4.97. The fourth-order valence-electron chi connectivity index (χ4n) is 2.25. The first-order valence-electron chi connectivity index (χ1n) is 4.68. The van der Waals surface area contributed by atoms with Crippen LogP contribution in [0.1, 0.15) is 46.5 Å². The summed E-state index contributed by atoms with van der Waals surface area (Å²) in [5.74, 6) is 0. The van der Waals surface area contributed by atoms with E-state index in [2.05, 4.69) is 20.8 Å². The van der Waals surface area contributed by atoms with Gasteiger partial charge in [0, 0.05) is 0 Å². The lowest BCUT2D eigenvalue weighted by atomic mass is 9.62. The van der Waals surface area contributed by atoms with Crippen LogP contribution in [0, 0.1) is 10.8 Å². The van der Waals surface area contributed by atoms with Gasteiger partial charge < -0.3 is 5.73 Å². The predicted molar refractivity (Wildman–Crippen MR) is 49.4 cm³/mol. The van der Waals surface area contributed by atoms with E-state index in [0.29, 0.717) is 10.8 Å². The van der Waals surface area contributed by atoms with Crippen molar-refractivity contribution < 1.29 is 0 Å². The van der Waals surface area contributed by atoms with Gasteiger partial charge in [-0.2, -0.15) is 0 Å². The van der Waals surface area contributed by atoms with Crippen LogP contribution in [0.15, 0.2) is 0 Å². The minimum absolute atomic E-state index is 0.458. The maximum atomic E-state index is 5.78. The van der Waals surface area contributed by atoms with Crippen LogP contribution < -0.4 is 5.73 Å². The molecule has 1 saturated carbocycles. The maximum Gasteiger partial charge on any atom is -0.00203 e. The van der Waals surface area contributed by atoms with Gasteiger partial charge in [0.1, 0.15) is 0 Å². The van der Waals surface area contributed by atoms with E-state index in [1.165, 1.54) is 25.7 Å². The summed E-state index contributed by atoms with van der Waals surface area (Å²) in [6, 6.07) is 0. The summed E-state index contributed by atoms with van der Waals surface area (Å²) in [5, 5.41) is 0. The molecule has 0 radical (unpaired) electrons. The van der Waals surface area contributed by atoms with Gasteiger partial charge in [0.15, 0.2) is 0 Å². The van der Waals surface area contributed by atoms with Crippen LogP contribution in [0.3, 0.4) is 0 Å². The second-order valence-corrected chi connectivity index (χ2v) is 5.30. The van der Waals surface area contributed by atoms with E-state index in [1.807, 2.05) is 0 Å². The van der Waals surface area contributed by atoms with Crippen molar-refractivity contribution >= 4 is 0 Å². The minimum atomic E-state index is 0.458. The summed E-state index contributed by atoms with van der Waals surface area (Å²) in [6.45, 7) is 7.82. The molecule has 1 aliphatic rings. The third kappa shape index (κ3) is 2.19. The largest absolute Gasteiger partial charge is 0.330 e. The monoisotopic (exact) mass is 155 g/mol. The molecule has 11 heavy (non-hydrogen) atoms. The molecule has 1 rings (SSSR count). The molecule has 1 fully saturated rings. The molecule has 0 atom stereocenters. The number of rotatable bonds is 2. The van der Waals surface area contributed by atoms with Crippen LogP contribution >= 0.6 is 0 Å². The average molecular weight is 155 g/mol. The van der Waals surface area contributed by atoms with Crippen molar-refractivity contribution in [1.29, 1.82) is 0 Å². The molecule has 1 aliphatic carbocycles. The molecular weight excluding hydrogens is 134 g/mol. The fraction of sp³-hybridized carbons (Fsp3) is 1.00. The molecule has 0 saturated heterocycles. The zero-order valence-electron chi connectivity index (χ0n) is 8.11. The summed E-state index contributed by atoms with van der Waals surface area (Å²) in [7, 11) is 0. The SMILES string of the molecule is CC(C)(C)CC1(CN)CCC1. The van der Waals surface area contributed by atoms with Crippen molar-refractivity contribution in [3.63, 3.8) is 0 Å². The Balaban J connectivity index is 2.45. The molecule has 0 heterocycles. The molecule has 0 aromatic heterocycles. The summed E-state index contributed by atoms with van der Waals surface area (Å²) in [4.78, 5) is 0. The minimum Gasteiger partial charge on any atom is -0.330 e. The fourth-order valence-corrected chi connectivity index (χ4v) is 2.25. The highest BCUT2D eigenvalue weighted by molar-refractivity contribution is 4.91. The van der Waals surface area contributed by atoms with Gasteiger partial charge in [-0.1, -0.05) is 27.2 Å². The van der Waals surface area contributed by atoms with Crippen molar-refractivity contribution in [2.24, 2.45) is 16.6 Å². The van der Waals surface area contributed by atoms with Crippen LogP contribution in [0.5, 0.6) is 0 Å². The van der Waals surface area contributed by atoms with Gasteiger partial charge in [-0.15, -0.1) is 0 Å². The molecule has 66 valence electrons. The van der Waals surface area contributed by atoms with Gasteiger partial charge in [-0.3, -0.25) is 0 Å². The number of nitrogens with two attached hydrogens (primary N) is 1. The molecular formula is C10H21N. The van der Waals surface area contributed by atoms with E-state index in [-0.39, 0.29) is 0 Å². The first-order valence-corrected chi connectivity index (χ1v) is 4.68. The molecule has 0 spiro atoms. The van der Waals surface area contributed by atoms with E-state index < -0.39 is 0 Å². The zero-order chi connectivity index (χ0) is 8.54. The van der Waals surface area contributed by atoms with Crippen LogP contribution in [0.4, 0.5) is 0 Å². The number of hydrogen-bond acceptors (Lipinski definition) is 1. The molecule has 0 aliphatic heterocycles. The third-order valence-corrected chi connectivity index (χ3v) is 2.75. The molecule has 1 heteroatoms. The lowest BCUT2D eigenvalue weighted by molar-refractivity contribution is 0.0798. The van der Waals surface area contributed by atoms with E-state index in [9.17, 15) is 0 Å². The smallest absolute Gasteiger partial charge is 0.00203 e. The average Bonchev–Trinajstić information content (AvgIpc) is 1.77. The second kappa shape index (κ2) is 2.78. The Kier molecular flexibility index (Phi) is 2.29. The van der Waals surface area contributed by atoms with Gasteiger partial charge in [0.05, 0.1) is 0 Å². The highest BCUT2D eigenvalue weighted by Gasteiger charge is 2.38. The Morgan fingerprint density at radius 3 is 1.91 bits per heavy atom. The van der Waals surface area contributed by atoms with Crippen LogP contribution in [-0.2, 0) is 0 Å². The van der Waals surface area contributed by atoms with Crippen LogP contribution in [0.2, 0.25) is 0 Å². The predicted octanol–water partition coefficient (Wildman–Crippen LogP) is 2.55. The van der Waals surface area contributed by atoms with Gasteiger partial charge >= 0.3 is 0 Å². The second-order valence-electron chi connectivity index (χ2n) is 5.30. The molecule has 0 bridgehead atoms. The van der Waals surface area contributed by atoms with Crippen molar-refractivity contribution in [1.82, 2.24) is 0 Å². The van der Waals surface area contributed by atoms with Crippen molar-refractivity contribution in [3.8, 4) is 0 Å². The van der Waals surface area contributed by atoms with Gasteiger partial charge in [-0.25, -0.2) is 0 Å². The molecule has 0 aromatic carbocycles. The standard InChI is InChI=1S/C10H21N/c1-9(2,3)7-10(8-11)5-4-6-10/h4-8,11H2,1-3H3. The van der Waals surface area contributed by atoms with E-state index in [1.54, 1.807) is 0 Å². The quantitative estimate of drug-likeness (QED) is 0.651. The molecule has 1 nitrogen and oxygen atoms in total. The summed E-state index contributed by atoms with van der Waals surface area (Å²) >= 11 is 0. The highest BCUT2D eigenvalue weighted by atomic mass is 14.6. The highest BCUT2D eigenvalue weighted by Crippen LogP contribution is 2.47. The van der Waals surface area contributed by atoms with Crippen LogP contribution in [-0.4, -0.2) is 6.54 Å². The normalized spacial score (nSPS) is 22.9. The van der Waals surface area contributed by atoms with Crippen molar-refractivity contribution in [2.75, 3.05) is 6.54 Å². The Bertz CT molecular complexity index is 123. The Morgan fingerprint density at radius 2 is 1.82 bits per heavy atom. The topological polar surface area (TPSA) is 26.0 Å². The summed E-state index contributed by atoms with van der Waals surface area (Å²) in [5.41, 5.74) is 6.76. The Morgan fingerprint density at radius 1 is 1.27 bits per heavy atom. The van der Waals surface area contributed by atoms with Crippen LogP contribution in [0.25, 0.3) is 0 Å². The molecule has 0 amide bonds. The molecule has 2 N–H and O–H groups in total. The summed E-state index contributed by atoms with van der Waals surface area (Å²) < 4.78 is 0. The van der Waals surface area contributed by atoms with E-state index in [0.717, 1.165) is 6.54 Å². The molecule has 0 unspecified atom stereocenters. The van der Waals surface area contributed by atoms with Crippen molar-refractivity contribution in [3.05, 3.63) is 0 Å². The molecule has 0 aromatic rings. The van der Waals surface area contributed by atoms with Gasteiger partial charge in [0.2, 0.25) is 0 Å². The third-order valence-electron chi connectivity index (χ3n) is 2.75. The van der Waals surface area contributed by atoms with E-state index in [4.69, 9.17) is 5.73 Å². The lowest BCUT2D eigenvalue weighted by Gasteiger charge is -2.45. The van der Waals surface area contributed by atoms with E-state index >= 15 is 0 Å². The van der Waals surface area contributed by atoms with Gasteiger partial charge in [-0.05, 0) is 36.6 Å². The lowest BCUT2D eigenvalue weighted by Crippen LogP contribution is -2.40.